The van der Waals surface area contributed by atoms with Crippen LogP contribution in [-0.2, 0) is 11.3 Å². The van der Waals surface area contributed by atoms with Crippen molar-refractivity contribution in [2.45, 2.75) is 13.5 Å². The van der Waals surface area contributed by atoms with Crippen LogP contribution >= 0.6 is 0 Å². The largest absolute Gasteiger partial charge is 0.360 e. The fraction of sp³-hybridized carbons (Fsp3) is 0.267. The van der Waals surface area contributed by atoms with Gasteiger partial charge in [-0.2, -0.15) is 0 Å². The average molecular weight is 270 g/mol. The first-order valence-corrected chi connectivity index (χ1v) is 6.61. The van der Waals surface area contributed by atoms with Crippen molar-refractivity contribution in [3.05, 3.63) is 54.5 Å². The molecule has 0 atom stereocenters. The summed E-state index contributed by atoms with van der Waals surface area (Å²) in [5.74, 6) is 0.652. The maximum atomic E-state index is 12.2. The Morgan fingerprint density at radius 3 is 2.70 bits per heavy atom. The summed E-state index contributed by atoms with van der Waals surface area (Å²) in [5, 5.41) is 2.98. The van der Waals surface area contributed by atoms with E-state index in [1.54, 1.807) is 23.5 Å². The van der Waals surface area contributed by atoms with E-state index in [2.05, 4.69) is 15.3 Å². The van der Waals surface area contributed by atoms with Gasteiger partial charge in [0.2, 0.25) is 5.91 Å². The smallest absolute Gasteiger partial charge is 0.242 e. The van der Waals surface area contributed by atoms with Gasteiger partial charge in [-0.15, -0.1) is 0 Å². The summed E-state index contributed by atoms with van der Waals surface area (Å²) < 4.78 is 0. The molecule has 2 rings (SSSR count). The van der Waals surface area contributed by atoms with Crippen molar-refractivity contribution in [3.8, 4) is 0 Å². The van der Waals surface area contributed by atoms with Crippen molar-refractivity contribution in [1.29, 1.82) is 0 Å². The molecule has 0 aliphatic carbocycles. The topological polar surface area (TPSA) is 58.1 Å². The average Bonchev–Trinajstić information content (AvgIpc) is 2.52. The Bertz CT molecular complexity index is 530. The van der Waals surface area contributed by atoms with E-state index in [0.717, 1.165) is 5.56 Å². The molecule has 0 aliphatic rings. The van der Waals surface area contributed by atoms with Crippen molar-refractivity contribution in [2.24, 2.45) is 0 Å². The summed E-state index contributed by atoms with van der Waals surface area (Å²) in [6.07, 6.45) is 4.79. The second-order valence-corrected chi connectivity index (χ2v) is 4.34. The van der Waals surface area contributed by atoms with Crippen LogP contribution in [0.5, 0.6) is 0 Å². The first-order valence-electron chi connectivity index (χ1n) is 6.61. The number of hydrogen-bond acceptors (Lipinski definition) is 4. The molecule has 0 radical (unpaired) electrons. The Morgan fingerprint density at radius 1 is 1.25 bits per heavy atom. The van der Waals surface area contributed by atoms with Crippen molar-refractivity contribution in [3.63, 3.8) is 0 Å². The number of likely N-dealkylation sites (N-methyl/N-ethyl adjacent to an activating group) is 1. The van der Waals surface area contributed by atoms with E-state index in [1.165, 1.54) is 0 Å². The Labute approximate surface area is 118 Å². The zero-order valence-electron chi connectivity index (χ0n) is 11.5. The number of anilines is 1. The van der Waals surface area contributed by atoms with Crippen LogP contribution in [0.1, 0.15) is 12.5 Å². The van der Waals surface area contributed by atoms with E-state index in [0.29, 0.717) is 18.9 Å². The number of carbonyl (C=O) groups excluding carboxylic acids is 1. The molecule has 0 fully saturated rings. The molecule has 20 heavy (non-hydrogen) atoms. The van der Waals surface area contributed by atoms with Gasteiger partial charge in [0.1, 0.15) is 5.82 Å². The van der Waals surface area contributed by atoms with Crippen LogP contribution in [0.3, 0.4) is 0 Å². The van der Waals surface area contributed by atoms with Crippen LogP contribution in [0.15, 0.2) is 48.9 Å². The van der Waals surface area contributed by atoms with E-state index < -0.39 is 0 Å². The molecule has 104 valence electrons. The molecular formula is C15H18N4O. The third kappa shape index (κ3) is 4.05. The Balaban J connectivity index is 1.89. The summed E-state index contributed by atoms with van der Waals surface area (Å²) in [6, 6.07) is 9.96. The van der Waals surface area contributed by atoms with Crippen LogP contribution in [0.25, 0.3) is 0 Å². The SMILES string of the molecule is CCN(Cc1ccccc1)C(=O)CNc1cnccn1. The monoisotopic (exact) mass is 270 g/mol. The van der Waals surface area contributed by atoms with Crippen LogP contribution in [0.2, 0.25) is 0 Å². The quantitative estimate of drug-likeness (QED) is 0.871. The number of benzene rings is 1. The minimum absolute atomic E-state index is 0.0435. The highest BCUT2D eigenvalue weighted by atomic mass is 16.2. The highest BCUT2D eigenvalue weighted by Crippen LogP contribution is 2.05. The van der Waals surface area contributed by atoms with E-state index >= 15 is 0 Å². The Morgan fingerprint density at radius 2 is 2.05 bits per heavy atom. The zero-order valence-corrected chi connectivity index (χ0v) is 11.5. The summed E-state index contributed by atoms with van der Waals surface area (Å²) >= 11 is 0. The first-order chi connectivity index (χ1) is 9.79. The zero-order chi connectivity index (χ0) is 14.2. The second kappa shape index (κ2) is 7.23. The number of rotatable bonds is 6. The predicted octanol–water partition coefficient (Wildman–Crippen LogP) is 1.94. The minimum Gasteiger partial charge on any atom is -0.360 e. The summed E-state index contributed by atoms with van der Waals surface area (Å²) in [5.41, 5.74) is 1.13. The van der Waals surface area contributed by atoms with Gasteiger partial charge in [-0.05, 0) is 12.5 Å². The fourth-order valence-electron chi connectivity index (χ4n) is 1.85. The molecule has 1 N–H and O–H groups in total. The van der Waals surface area contributed by atoms with Crippen LogP contribution in [-0.4, -0.2) is 33.9 Å². The standard InChI is InChI=1S/C15H18N4O/c1-2-19(12-13-6-4-3-5-7-13)15(20)11-18-14-10-16-8-9-17-14/h3-10H,2,11-12H2,1H3,(H,17,18). The molecule has 1 aromatic carbocycles. The molecule has 2 aromatic rings. The van der Waals surface area contributed by atoms with E-state index in [-0.39, 0.29) is 12.5 Å². The molecular weight excluding hydrogens is 252 g/mol. The van der Waals surface area contributed by atoms with Gasteiger partial charge >= 0.3 is 0 Å². The summed E-state index contributed by atoms with van der Waals surface area (Å²) in [4.78, 5) is 22.0. The van der Waals surface area contributed by atoms with Gasteiger partial charge in [-0.1, -0.05) is 30.3 Å². The van der Waals surface area contributed by atoms with Gasteiger partial charge in [0.15, 0.2) is 0 Å². The lowest BCUT2D eigenvalue weighted by atomic mass is 10.2. The van der Waals surface area contributed by atoms with Gasteiger partial charge < -0.3 is 10.2 Å². The summed E-state index contributed by atoms with van der Waals surface area (Å²) in [6.45, 7) is 3.50. The predicted molar refractivity (Wildman–Crippen MR) is 78.1 cm³/mol. The number of amides is 1. The molecule has 0 unspecified atom stereocenters. The highest BCUT2D eigenvalue weighted by Gasteiger charge is 2.11. The molecule has 1 heterocycles. The van der Waals surface area contributed by atoms with Crippen molar-refractivity contribution >= 4 is 11.7 Å². The maximum absolute atomic E-state index is 12.2. The highest BCUT2D eigenvalue weighted by molar-refractivity contribution is 5.80. The lowest BCUT2D eigenvalue weighted by Gasteiger charge is -2.21. The second-order valence-electron chi connectivity index (χ2n) is 4.34. The molecule has 1 aromatic heterocycles. The fourth-order valence-corrected chi connectivity index (χ4v) is 1.85. The van der Waals surface area contributed by atoms with E-state index in [4.69, 9.17) is 0 Å². The van der Waals surface area contributed by atoms with Crippen LogP contribution in [0.4, 0.5) is 5.82 Å². The van der Waals surface area contributed by atoms with Crippen molar-refractivity contribution in [1.82, 2.24) is 14.9 Å². The summed E-state index contributed by atoms with van der Waals surface area (Å²) in [7, 11) is 0. The van der Waals surface area contributed by atoms with Crippen molar-refractivity contribution in [2.75, 3.05) is 18.4 Å². The number of aromatic nitrogens is 2. The van der Waals surface area contributed by atoms with Crippen LogP contribution in [0, 0.1) is 0 Å². The maximum Gasteiger partial charge on any atom is 0.242 e. The minimum atomic E-state index is 0.0435. The molecule has 1 amide bonds. The van der Waals surface area contributed by atoms with Gasteiger partial charge in [0, 0.05) is 25.5 Å². The van der Waals surface area contributed by atoms with Crippen LogP contribution < -0.4 is 5.32 Å². The van der Waals surface area contributed by atoms with E-state index in [9.17, 15) is 4.79 Å². The molecule has 0 saturated carbocycles. The Kier molecular flexibility index (Phi) is 5.06. The number of nitrogens with zero attached hydrogens (tertiary/aromatic N) is 3. The van der Waals surface area contributed by atoms with Gasteiger partial charge in [-0.25, -0.2) is 4.98 Å². The van der Waals surface area contributed by atoms with Gasteiger partial charge in [0.25, 0.3) is 0 Å². The third-order valence-corrected chi connectivity index (χ3v) is 2.93. The molecule has 5 heteroatoms. The first kappa shape index (κ1) is 14.0. The molecule has 0 bridgehead atoms. The normalized spacial score (nSPS) is 10.1. The van der Waals surface area contributed by atoms with Gasteiger partial charge in [0.05, 0.1) is 12.7 Å². The van der Waals surface area contributed by atoms with Gasteiger partial charge in [-0.3, -0.25) is 9.78 Å². The number of nitrogens with one attached hydrogen (secondary N) is 1. The van der Waals surface area contributed by atoms with E-state index in [1.807, 2.05) is 37.3 Å². The molecule has 0 spiro atoms. The van der Waals surface area contributed by atoms with Crippen molar-refractivity contribution < 1.29 is 4.79 Å². The lowest BCUT2D eigenvalue weighted by Crippen LogP contribution is -2.35. The lowest BCUT2D eigenvalue weighted by molar-refractivity contribution is -0.129. The third-order valence-electron chi connectivity index (χ3n) is 2.93. The number of carbonyl (C=O) groups is 1. The molecule has 5 nitrogen and oxygen atoms in total. The molecule has 0 aliphatic heterocycles. The number of hydrogen-bond donors (Lipinski definition) is 1. The molecule has 0 saturated heterocycles. The Hall–Kier alpha value is -2.43.